The lowest BCUT2D eigenvalue weighted by Crippen LogP contribution is -3.09. The van der Waals surface area contributed by atoms with Crippen molar-refractivity contribution in [2.45, 2.75) is 63.6 Å². The molecule has 140 valence electrons. The summed E-state index contributed by atoms with van der Waals surface area (Å²) in [6.45, 7) is 1.92. The summed E-state index contributed by atoms with van der Waals surface area (Å²) >= 11 is 0. The molecule has 2 aliphatic rings. The molecular weight excluding hydrogens is 328 g/mol. The average molecular weight is 355 g/mol. The first-order valence-corrected chi connectivity index (χ1v) is 8.65. The fourth-order valence-electron chi connectivity index (χ4n) is 2.91. The standard InChI is InChI=1S/C17H26N2O6/c1-2-3-4-7-13(20)24-10-12-14(21)15(22)17(25-12)19-8-5-6-11(9-19)16(18)23/h5,8-9,12,14-15,17,21-22H,2-4,6-7,10H2,1H3,(H2,18,23)/p+1/t12-,14-,15-,17-/m1/s1. The van der Waals surface area contributed by atoms with E-state index >= 15 is 0 Å². The number of esters is 1. The molecule has 5 atom stereocenters. The molecule has 2 heterocycles. The first-order chi connectivity index (χ1) is 11.9. The second-order valence-electron chi connectivity index (χ2n) is 6.36. The van der Waals surface area contributed by atoms with Gasteiger partial charge in [-0.25, -0.2) is 0 Å². The fraction of sp³-hybridized carbons (Fsp3) is 0.647. The molecule has 2 rings (SSSR count). The van der Waals surface area contributed by atoms with Gasteiger partial charge in [-0.1, -0.05) is 19.8 Å². The molecule has 8 nitrogen and oxygen atoms in total. The third kappa shape index (κ3) is 5.12. The van der Waals surface area contributed by atoms with E-state index in [1.807, 2.05) is 6.92 Å². The van der Waals surface area contributed by atoms with Gasteiger partial charge in [0.25, 0.3) is 0 Å². The van der Waals surface area contributed by atoms with Crippen molar-refractivity contribution in [1.29, 1.82) is 0 Å². The van der Waals surface area contributed by atoms with Gasteiger partial charge in [0.1, 0.15) is 25.0 Å². The van der Waals surface area contributed by atoms with E-state index in [0.29, 0.717) is 23.3 Å². The smallest absolute Gasteiger partial charge is 0.305 e. The molecule has 0 aromatic heterocycles. The number of allylic oxidation sites excluding steroid dienone is 1. The summed E-state index contributed by atoms with van der Waals surface area (Å²) in [6, 6.07) is 0. The van der Waals surface area contributed by atoms with Crippen molar-refractivity contribution in [2.24, 2.45) is 5.73 Å². The second kappa shape index (κ2) is 9.10. The molecule has 1 saturated heterocycles. The van der Waals surface area contributed by atoms with Crippen LogP contribution >= 0.6 is 0 Å². The van der Waals surface area contributed by atoms with E-state index in [4.69, 9.17) is 15.2 Å². The predicted molar refractivity (Wildman–Crippen MR) is 87.8 cm³/mol. The first kappa shape index (κ1) is 19.6. The summed E-state index contributed by atoms with van der Waals surface area (Å²) in [4.78, 5) is 23.5. The van der Waals surface area contributed by atoms with Crippen molar-refractivity contribution in [3.63, 3.8) is 0 Å². The number of rotatable bonds is 8. The Bertz CT molecular complexity index is 547. The maximum atomic E-state index is 11.7. The van der Waals surface area contributed by atoms with Crippen molar-refractivity contribution in [3.8, 4) is 0 Å². The van der Waals surface area contributed by atoms with Gasteiger partial charge >= 0.3 is 5.97 Å². The molecule has 1 unspecified atom stereocenters. The van der Waals surface area contributed by atoms with Gasteiger partial charge in [-0.2, -0.15) is 0 Å². The number of hydrogen-bond donors (Lipinski definition) is 4. The number of nitrogens with two attached hydrogens (primary N) is 1. The third-order valence-electron chi connectivity index (χ3n) is 4.39. The van der Waals surface area contributed by atoms with Gasteiger partial charge in [-0.3, -0.25) is 14.5 Å². The number of aliphatic hydroxyl groups is 2. The van der Waals surface area contributed by atoms with Crippen LogP contribution in [0.15, 0.2) is 24.0 Å². The number of hydrogen-bond acceptors (Lipinski definition) is 6. The fourth-order valence-corrected chi connectivity index (χ4v) is 2.91. The van der Waals surface area contributed by atoms with E-state index in [-0.39, 0.29) is 12.6 Å². The molecule has 0 aromatic carbocycles. The van der Waals surface area contributed by atoms with Gasteiger partial charge in [0.2, 0.25) is 12.1 Å². The molecule has 8 heteroatoms. The minimum Gasteiger partial charge on any atom is -0.463 e. The number of unbranched alkanes of at least 4 members (excludes halogenated alkanes) is 2. The molecule has 0 aliphatic carbocycles. The number of carbonyl (C=O) groups is 2. The van der Waals surface area contributed by atoms with Gasteiger partial charge in [0, 0.05) is 12.8 Å². The van der Waals surface area contributed by atoms with Gasteiger partial charge in [-0.05, 0) is 12.5 Å². The van der Waals surface area contributed by atoms with Crippen LogP contribution in [0.25, 0.3) is 0 Å². The maximum absolute atomic E-state index is 11.7. The van der Waals surface area contributed by atoms with E-state index in [1.54, 1.807) is 18.5 Å². The second-order valence-corrected chi connectivity index (χ2v) is 6.36. The van der Waals surface area contributed by atoms with Crippen LogP contribution in [0, 0.1) is 0 Å². The highest BCUT2D eigenvalue weighted by molar-refractivity contribution is 5.91. The van der Waals surface area contributed by atoms with Crippen LogP contribution in [0.4, 0.5) is 0 Å². The summed E-state index contributed by atoms with van der Waals surface area (Å²) in [5.74, 6) is -0.879. The lowest BCUT2D eigenvalue weighted by Gasteiger charge is -2.22. The highest BCUT2D eigenvalue weighted by Crippen LogP contribution is 2.19. The van der Waals surface area contributed by atoms with Crippen molar-refractivity contribution < 1.29 is 34.2 Å². The monoisotopic (exact) mass is 355 g/mol. The van der Waals surface area contributed by atoms with E-state index < -0.39 is 30.4 Å². The SMILES string of the molecule is CCCCCC(=O)OC[C@H]1O[C@@H]([NH+]2C=CCC(C(N)=O)=C2)[C@H](O)[C@@H]1O. The molecule has 0 bridgehead atoms. The van der Waals surface area contributed by atoms with Crippen LogP contribution in [0.2, 0.25) is 0 Å². The topological polar surface area (TPSA) is 124 Å². The largest absolute Gasteiger partial charge is 0.463 e. The average Bonchev–Trinajstić information content (AvgIpc) is 2.88. The van der Waals surface area contributed by atoms with Gasteiger partial charge < -0.3 is 25.4 Å². The molecule has 1 fully saturated rings. The Labute approximate surface area is 146 Å². The van der Waals surface area contributed by atoms with Crippen LogP contribution in [-0.4, -0.2) is 53.2 Å². The number of ether oxygens (including phenoxy) is 2. The molecular formula is C17H27N2O6+. The molecule has 0 radical (unpaired) electrons. The normalized spacial score (nSPS) is 31.6. The summed E-state index contributed by atoms with van der Waals surface area (Å²) < 4.78 is 10.8. The summed E-state index contributed by atoms with van der Waals surface area (Å²) in [5, 5.41) is 20.4. The van der Waals surface area contributed by atoms with Crippen LogP contribution in [0.1, 0.15) is 39.0 Å². The van der Waals surface area contributed by atoms with Crippen molar-refractivity contribution in [1.82, 2.24) is 0 Å². The Morgan fingerprint density at radius 1 is 1.36 bits per heavy atom. The Morgan fingerprint density at radius 2 is 2.12 bits per heavy atom. The number of aliphatic hydroxyl groups excluding tert-OH is 2. The zero-order valence-electron chi connectivity index (χ0n) is 14.4. The summed E-state index contributed by atoms with van der Waals surface area (Å²) in [5.41, 5.74) is 5.69. The maximum Gasteiger partial charge on any atom is 0.305 e. The Morgan fingerprint density at radius 3 is 2.80 bits per heavy atom. The first-order valence-electron chi connectivity index (χ1n) is 8.65. The Balaban J connectivity index is 1.90. The van der Waals surface area contributed by atoms with Crippen molar-refractivity contribution in [2.75, 3.05) is 6.61 Å². The summed E-state index contributed by atoms with van der Waals surface area (Å²) in [6.07, 6.45) is 4.56. The Kier molecular flexibility index (Phi) is 7.12. The third-order valence-corrected chi connectivity index (χ3v) is 4.39. The number of quaternary nitrogens is 1. The van der Waals surface area contributed by atoms with Crippen molar-refractivity contribution in [3.05, 3.63) is 24.0 Å². The van der Waals surface area contributed by atoms with E-state index in [0.717, 1.165) is 19.3 Å². The lowest BCUT2D eigenvalue weighted by atomic mass is 10.1. The minimum absolute atomic E-state index is 0.122. The summed E-state index contributed by atoms with van der Waals surface area (Å²) in [7, 11) is 0. The van der Waals surface area contributed by atoms with Crippen molar-refractivity contribution >= 4 is 11.9 Å². The number of primary amides is 1. The minimum atomic E-state index is -1.18. The highest BCUT2D eigenvalue weighted by atomic mass is 16.6. The zero-order chi connectivity index (χ0) is 18.4. The predicted octanol–water partition coefficient (Wildman–Crippen LogP) is -1.27. The molecule has 5 N–H and O–H groups in total. The zero-order valence-corrected chi connectivity index (χ0v) is 14.4. The van der Waals surface area contributed by atoms with Gasteiger partial charge in [-0.15, -0.1) is 0 Å². The van der Waals surface area contributed by atoms with Crippen LogP contribution < -0.4 is 10.6 Å². The van der Waals surface area contributed by atoms with Gasteiger partial charge in [0.05, 0.1) is 11.8 Å². The molecule has 1 amide bonds. The molecule has 2 aliphatic heterocycles. The number of carbonyl (C=O) groups excluding carboxylic acids is 2. The molecule has 0 spiro atoms. The molecule has 0 aromatic rings. The molecule has 0 saturated carbocycles. The highest BCUT2D eigenvalue weighted by Gasteiger charge is 2.48. The van der Waals surface area contributed by atoms with Crippen LogP contribution in [0.5, 0.6) is 0 Å². The van der Waals surface area contributed by atoms with Crippen LogP contribution in [0.3, 0.4) is 0 Å². The lowest BCUT2D eigenvalue weighted by molar-refractivity contribution is -0.853. The Hall–Kier alpha value is -1.74. The van der Waals surface area contributed by atoms with E-state index in [1.165, 1.54) is 0 Å². The van der Waals surface area contributed by atoms with Crippen LogP contribution in [-0.2, 0) is 19.1 Å². The van der Waals surface area contributed by atoms with E-state index in [2.05, 4.69) is 0 Å². The van der Waals surface area contributed by atoms with E-state index in [9.17, 15) is 19.8 Å². The molecule has 25 heavy (non-hydrogen) atoms. The van der Waals surface area contributed by atoms with Gasteiger partial charge in [0.15, 0.2) is 6.10 Å². The number of nitrogens with one attached hydrogen (secondary N) is 1. The number of amides is 1. The quantitative estimate of drug-likeness (QED) is 0.318.